The third kappa shape index (κ3) is 2.99. The Labute approximate surface area is 152 Å². The number of para-hydroxylation sites is 2. The van der Waals surface area contributed by atoms with E-state index in [4.69, 9.17) is 9.15 Å². The molecule has 2 aromatic carbocycles. The van der Waals surface area contributed by atoms with Crippen molar-refractivity contribution in [2.75, 3.05) is 0 Å². The van der Waals surface area contributed by atoms with Gasteiger partial charge in [-0.15, -0.1) is 0 Å². The predicted molar refractivity (Wildman–Crippen MR) is 103 cm³/mol. The molecule has 4 aromatic rings. The van der Waals surface area contributed by atoms with Gasteiger partial charge in [-0.3, -0.25) is 4.57 Å². The molecule has 4 nitrogen and oxygen atoms in total. The van der Waals surface area contributed by atoms with Gasteiger partial charge in [0, 0.05) is 34.6 Å². The normalized spacial score (nSPS) is 12.0. The fraction of sp³-hybridized carbons (Fsp3) is 0.227. The van der Waals surface area contributed by atoms with Gasteiger partial charge >= 0.3 is 6.09 Å². The number of nitrogens with zero attached hydrogens (tertiary/aromatic N) is 1. The number of furan rings is 1. The van der Waals surface area contributed by atoms with Crippen LogP contribution in [0.3, 0.4) is 0 Å². The minimum Gasteiger partial charge on any atom is -0.456 e. The zero-order valence-corrected chi connectivity index (χ0v) is 15.2. The molecule has 2 aromatic heterocycles. The van der Waals surface area contributed by atoms with Crippen molar-refractivity contribution < 1.29 is 13.9 Å². The quantitative estimate of drug-likeness (QED) is 0.463. The van der Waals surface area contributed by atoms with Gasteiger partial charge in [-0.1, -0.05) is 36.4 Å². The van der Waals surface area contributed by atoms with E-state index in [1.165, 1.54) is 0 Å². The highest BCUT2D eigenvalue weighted by Gasteiger charge is 2.20. The van der Waals surface area contributed by atoms with Crippen LogP contribution in [0.1, 0.15) is 32.0 Å². The van der Waals surface area contributed by atoms with Crippen molar-refractivity contribution in [2.24, 2.45) is 0 Å². The summed E-state index contributed by atoms with van der Waals surface area (Å²) in [6.45, 7) is 5.59. The third-order valence-electron chi connectivity index (χ3n) is 4.28. The van der Waals surface area contributed by atoms with Gasteiger partial charge in [0.15, 0.2) is 0 Å². The Bertz CT molecular complexity index is 1100. The number of ether oxygens (including phenoxy) is 1. The fourth-order valence-electron chi connectivity index (χ4n) is 3.19. The van der Waals surface area contributed by atoms with Crippen LogP contribution in [0.5, 0.6) is 0 Å². The summed E-state index contributed by atoms with van der Waals surface area (Å²) >= 11 is 0. The monoisotopic (exact) mass is 347 g/mol. The van der Waals surface area contributed by atoms with Crippen molar-refractivity contribution in [1.82, 2.24) is 4.57 Å². The zero-order valence-electron chi connectivity index (χ0n) is 15.2. The lowest BCUT2D eigenvalue weighted by Gasteiger charge is -2.20. The van der Waals surface area contributed by atoms with E-state index in [-0.39, 0.29) is 6.09 Å². The Kier molecular flexibility index (Phi) is 3.83. The molecule has 0 aliphatic rings. The highest BCUT2D eigenvalue weighted by atomic mass is 16.6. The lowest BCUT2D eigenvalue weighted by Crippen LogP contribution is -2.27. The molecular formula is C22H21NO3. The summed E-state index contributed by atoms with van der Waals surface area (Å²) in [4.78, 5) is 12.5. The Morgan fingerprint density at radius 2 is 1.77 bits per heavy atom. The van der Waals surface area contributed by atoms with E-state index in [0.717, 1.165) is 33.2 Å². The molecular weight excluding hydrogens is 326 g/mol. The second kappa shape index (κ2) is 6.06. The topological polar surface area (TPSA) is 44.4 Å². The summed E-state index contributed by atoms with van der Waals surface area (Å²) in [5.74, 6) is 0. The predicted octanol–water partition coefficient (Wildman–Crippen LogP) is 5.76. The molecule has 4 heteroatoms. The average Bonchev–Trinajstić information content (AvgIpc) is 3.18. The first-order valence-electron chi connectivity index (χ1n) is 8.71. The number of rotatable bonds is 2. The molecule has 0 bridgehead atoms. The van der Waals surface area contributed by atoms with Crippen LogP contribution in [-0.4, -0.2) is 16.3 Å². The first-order valence-corrected chi connectivity index (χ1v) is 8.71. The standard InChI is InChI=1S/C22H21NO3/c1-22(2,3)26-21(24)23-13-7-9-16(23)14-15-8-6-11-18-17-10-4-5-12-19(17)25-20(15)18/h4-13H,14H2,1-3H3. The number of carbonyl (C=O) groups is 1. The summed E-state index contributed by atoms with van der Waals surface area (Å²) in [5, 5.41) is 2.19. The SMILES string of the molecule is CC(C)(C)OC(=O)n1cccc1Cc1cccc2c1oc1ccccc12. The summed E-state index contributed by atoms with van der Waals surface area (Å²) < 4.78 is 13.1. The van der Waals surface area contributed by atoms with Crippen molar-refractivity contribution in [3.05, 3.63) is 72.1 Å². The van der Waals surface area contributed by atoms with Crippen LogP contribution in [0.25, 0.3) is 21.9 Å². The Morgan fingerprint density at radius 1 is 1.00 bits per heavy atom. The first-order chi connectivity index (χ1) is 12.4. The van der Waals surface area contributed by atoms with E-state index < -0.39 is 5.60 Å². The number of hydrogen-bond donors (Lipinski definition) is 0. The van der Waals surface area contributed by atoms with Crippen molar-refractivity contribution >= 4 is 28.0 Å². The molecule has 2 heterocycles. The molecule has 4 rings (SSSR count). The van der Waals surface area contributed by atoms with E-state index in [1.807, 2.05) is 63.2 Å². The number of fused-ring (bicyclic) bond motifs is 3. The highest BCUT2D eigenvalue weighted by molar-refractivity contribution is 6.05. The minimum absolute atomic E-state index is 0.366. The maximum atomic E-state index is 12.5. The lowest BCUT2D eigenvalue weighted by atomic mass is 10.1. The average molecular weight is 347 g/mol. The lowest BCUT2D eigenvalue weighted by molar-refractivity contribution is 0.0533. The van der Waals surface area contributed by atoms with E-state index in [9.17, 15) is 4.79 Å². The van der Waals surface area contributed by atoms with Gasteiger partial charge < -0.3 is 9.15 Å². The van der Waals surface area contributed by atoms with Crippen LogP contribution < -0.4 is 0 Å². The number of carbonyl (C=O) groups excluding carboxylic acids is 1. The summed E-state index contributed by atoms with van der Waals surface area (Å²) in [7, 11) is 0. The molecule has 0 saturated carbocycles. The molecule has 0 N–H and O–H groups in total. The summed E-state index contributed by atoms with van der Waals surface area (Å²) in [5.41, 5.74) is 3.12. The van der Waals surface area contributed by atoms with E-state index in [2.05, 4.69) is 12.1 Å². The first kappa shape index (κ1) is 16.5. The Hall–Kier alpha value is -3.01. The summed E-state index contributed by atoms with van der Waals surface area (Å²) in [6.07, 6.45) is 1.96. The largest absolute Gasteiger partial charge is 0.456 e. The van der Waals surface area contributed by atoms with Crippen LogP contribution in [0, 0.1) is 0 Å². The molecule has 0 radical (unpaired) electrons. The van der Waals surface area contributed by atoms with Crippen molar-refractivity contribution in [3.8, 4) is 0 Å². The molecule has 0 spiro atoms. The molecule has 0 atom stereocenters. The van der Waals surface area contributed by atoms with Crippen LogP contribution in [0.4, 0.5) is 4.79 Å². The molecule has 0 fully saturated rings. The van der Waals surface area contributed by atoms with Gasteiger partial charge in [0.25, 0.3) is 0 Å². The molecule has 26 heavy (non-hydrogen) atoms. The Balaban J connectivity index is 1.73. The fourth-order valence-corrected chi connectivity index (χ4v) is 3.19. The zero-order chi connectivity index (χ0) is 18.3. The van der Waals surface area contributed by atoms with Gasteiger partial charge in [-0.2, -0.15) is 0 Å². The molecule has 0 aliphatic heterocycles. The molecule has 0 amide bonds. The Morgan fingerprint density at radius 3 is 2.58 bits per heavy atom. The van der Waals surface area contributed by atoms with Crippen LogP contribution in [0.15, 0.2) is 65.2 Å². The second-order valence-electron chi connectivity index (χ2n) is 7.42. The van der Waals surface area contributed by atoms with E-state index in [0.29, 0.717) is 6.42 Å². The second-order valence-corrected chi connectivity index (χ2v) is 7.42. The number of aromatic nitrogens is 1. The number of benzene rings is 2. The van der Waals surface area contributed by atoms with Gasteiger partial charge in [0.2, 0.25) is 0 Å². The maximum absolute atomic E-state index is 12.5. The molecule has 0 aliphatic carbocycles. The van der Waals surface area contributed by atoms with Gasteiger partial charge in [0.1, 0.15) is 16.8 Å². The van der Waals surface area contributed by atoms with Crippen molar-refractivity contribution in [1.29, 1.82) is 0 Å². The molecule has 0 unspecified atom stereocenters. The van der Waals surface area contributed by atoms with Crippen LogP contribution in [0.2, 0.25) is 0 Å². The van der Waals surface area contributed by atoms with Gasteiger partial charge in [0.05, 0.1) is 0 Å². The van der Waals surface area contributed by atoms with Crippen LogP contribution in [-0.2, 0) is 11.2 Å². The van der Waals surface area contributed by atoms with E-state index in [1.54, 1.807) is 10.8 Å². The van der Waals surface area contributed by atoms with Gasteiger partial charge in [-0.25, -0.2) is 4.79 Å². The highest BCUT2D eigenvalue weighted by Crippen LogP contribution is 2.31. The van der Waals surface area contributed by atoms with E-state index >= 15 is 0 Å². The van der Waals surface area contributed by atoms with Crippen LogP contribution >= 0.6 is 0 Å². The van der Waals surface area contributed by atoms with Gasteiger partial charge in [-0.05, 0) is 39.0 Å². The summed E-state index contributed by atoms with van der Waals surface area (Å²) in [6, 6.07) is 17.9. The molecule has 132 valence electrons. The smallest absolute Gasteiger partial charge is 0.418 e. The maximum Gasteiger partial charge on any atom is 0.418 e. The minimum atomic E-state index is -0.530. The van der Waals surface area contributed by atoms with Crippen molar-refractivity contribution in [3.63, 3.8) is 0 Å². The molecule has 0 saturated heterocycles. The third-order valence-corrected chi connectivity index (χ3v) is 4.28. The van der Waals surface area contributed by atoms with Crippen molar-refractivity contribution in [2.45, 2.75) is 32.8 Å². The number of hydrogen-bond acceptors (Lipinski definition) is 3.